The second-order valence-corrected chi connectivity index (χ2v) is 9.53. The van der Waals surface area contributed by atoms with Crippen molar-refractivity contribution in [2.24, 2.45) is 0 Å². The van der Waals surface area contributed by atoms with Crippen molar-refractivity contribution in [3.8, 4) is 5.75 Å². The number of thiazole rings is 1. The minimum Gasteiger partial charge on any atom is -0.503 e. The van der Waals surface area contributed by atoms with E-state index in [-0.39, 0.29) is 11.4 Å². The van der Waals surface area contributed by atoms with Crippen LogP contribution in [0.15, 0.2) is 71.3 Å². The minimum atomic E-state index is -0.802. The molecule has 6 nitrogen and oxygen atoms in total. The van der Waals surface area contributed by atoms with Crippen LogP contribution in [0.3, 0.4) is 0 Å². The Balaban J connectivity index is 1.66. The molecule has 4 aromatic rings. The van der Waals surface area contributed by atoms with E-state index in [0.29, 0.717) is 21.3 Å². The molecule has 0 saturated heterocycles. The number of benzene rings is 2. The van der Waals surface area contributed by atoms with Crippen LogP contribution in [0, 0.1) is 0 Å². The molecule has 1 aliphatic rings. The lowest BCUT2D eigenvalue weighted by Gasteiger charge is -2.24. The van der Waals surface area contributed by atoms with Crippen molar-refractivity contribution < 1.29 is 19.4 Å². The Morgan fingerprint density at radius 1 is 1.18 bits per heavy atom. The third kappa shape index (κ3) is 3.61. The average molecular weight is 477 g/mol. The first-order valence-corrected chi connectivity index (χ1v) is 12.1. The summed E-state index contributed by atoms with van der Waals surface area (Å²) in [6, 6.07) is 15.8. The molecule has 166 valence electrons. The number of carbonyl (C=O) groups excluding carboxylic acids is 2. The van der Waals surface area contributed by atoms with Crippen LogP contribution in [-0.4, -0.2) is 28.9 Å². The van der Waals surface area contributed by atoms with Crippen LogP contribution in [0.5, 0.6) is 5.75 Å². The molecule has 1 unspecified atom stereocenters. The summed E-state index contributed by atoms with van der Waals surface area (Å²) in [6.07, 6.45) is 0.891. The first kappa shape index (κ1) is 21.4. The zero-order valence-electron chi connectivity index (χ0n) is 17.9. The van der Waals surface area contributed by atoms with Gasteiger partial charge in [-0.1, -0.05) is 42.5 Å². The van der Waals surface area contributed by atoms with Gasteiger partial charge in [0.2, 0.25) is 5.78 Å². The zero-order valence-corrected chi connectivity index (χ0v) is 19.6. The molecule has 0 fully saturated rings. The van der Waals surface area contributed by atoms with Crippen LogP contribution >= 0.6 is 22.7 Å². The van der Waals surface area contributed by atoms with E-state index in [1.165, 1.54) is 33.1 Å². The van der Waals surface area contributed by atoms with E-state index < -0.39 is 17.7 Å². The summed E-state index contributed by atoms with van der Waals surface area (Å²) in [5.41, 5.74) is 2.68. The van der Waals surface area contributed by atoms with Crippen LogP contribution in [0.25, 0.3) is 10.2 Å². The molecule has 0 aliphatic carbocycles. The van der Waals surface area contributed by atoms with E-state index in [9.17, 15) is 14.7 Å². The number of rotatable bonds is 6. The first-order valence-electron chi connectivity index (χ1n) is 10.4. The van der Waals surface area contributed by atoms with Gasteiger partial charge in [-0.3, -0.25) is 14.5 Å². The summed E-state index contributed by atoms with van der Waals surface area (Å²) in [4.78, 5) is 33.2. The van der Waals surface area contributed by atoms with Crippen LogP contribution in [0.1, 0.15) is 33.8 Å². The lowest BCUT2D eigenvalue weighted by atomic mass is 9.95. The molecule has 1 amide bonds. The molecule has 33 heavy (non-hydrogen) atoms. The lowest BCUT2D eigenvalue weighted by Crippen LogP contribution is -2.30. The third-order valence-corrected chi connectivity index (χ3v) is 7.57. The van der Waals surface area contributed by atoms with Crippen molar-refractivity contribution in [1.29, 1.82) is 0 Å². The van der Waals surface area contributed by atoms with Gasteiger partial charge in [-0.15, -0.1) is 11.3 Å². The number of hydrogen-bond acceptors (Lipinski definition) is 7. The Bertz CT molecular complexity index is 1390. The van der Waals surface area contributed by atoms with Crippen LogP contribution < -0.4 is 9.64 Å². The number of thiophene rings is 1. The van der Waals surface area contributed by atoms with Gasteiger partial charge in [-0.05, 0) is 53.3 Å². The van der Waals surface area contributed by atoms with Gasteiger partial charge >= 0.3 is 0 Å². The minimum absolute atomic E-state index is 0.0566. The maximum atomic E-state index is 13.4. The van der Waals surface area contributed by atoms with Crippen LogP contribution in [0.4, 0.5) is 5.13 Å². The molecular formula is C25H20N2O4S2. The highest BCUT2D eigenvalue weighted by molar-refractivity contribution is 7.22. The van der Waals surface area contributed by atoms with Gasteiger partial charge in [-0.2, -0.15) is 0 Å². The van der Waals surface area contributed by atoms with Gasteiger partial charge in [0.1, 0.15) is 5.75 Å². The summed E-state index contributed by atoms with van der Waals surface area (Å²) < 4.78 is 6.21. The number of carbonyl (C=O) groups is 2. The molecule has 2 aromatic carbocycles. The highest BCUT2D eigenvalue weighted by Gasteiger charge is 2.46. The molecule has 8 heteroatoms. The number of fused-ring (bicyclic) bond motifs is 1. The van der Waals surface area contributed by atoms with Gasteiger partial charge in [0.05, 0.1) is 33.8 Å². The molecule has 0 spiro atoms. The Kier molecular flexibility index (Phi) is 5.47. The van der Waals surface area contributed by atoms with Gasteiger partial charge in [0.15, 0.2) is 10.9 Å². The van der Waals surface area contributed by atoms with E-state index in [2.05, 4.69) is 18.0 Å². The molecule has 0 saturated carbocycles. The first-order chi connectivity index (χ1) is 16.0. The van der Waals surface area contributed by atoms with E-state index in [4.69, 9.17) is 4.74 Å². The Morgan fingerprint density at radius 3 is 2.64 bits per heavy atom. The SMILES string of the molecule is CCc1ccc2nc(N3C(=O)C(O)=C(C(=O)c4cccs4)C3c3ccc(OC)cc3)sc2c1. The lowest BCUT2D eigenvalue weighted by molar-refractivity contribution is -0.117. The van der Waals surface area contributed by atoms with E-state index in [1.807, 2.05) is 12.1 Å². The number of aryl methyl sites for hydroxylation is 1. The van der Waals surface area contributed by atoms with Crippen LogP contribution in [0.2, 0.25) is 0 Å². The van der Waals surface area contributed by atoms with Crippen LogP contribution in [-0.2, 0) is 11.2 Å². The Morgan fingerprint density at radius 2 is 1.97 bits per heavy atom. The highest BCUT2D eigenvalue weighted by atomic mass is 32.1. The number of hydrogen-bond donors (Lipinski definition) is 1. The summed E-state index contributed by atoms with van der Waals surface area (Å²) >= 11 is 2.64. The fraction of sp³-hybridized carbons (Fsp3) is 0.160. The molecule has 3 heterocycles. The highest BCUT2D eigenvalue weighted by Crippen LogP contribution is 2.44. The van der Waals surface area contributed by atoms with Gasteiger partial charge in [0, 0.05) is 0 Å². The Hall–Kier alpha value is -3.49. The quantitative estimate of drug-likeness (QED) is 0.361. The van der Waals surface area contributed by atoms with E-state index in [0.717, 1.165) is 16.6 Å². The Labute approximate surface area is 198 Å². The molecular weight excluding hydrogens is 456 g/mol. The second kappa shape index (κ2) is 8.46. The number of nitrogens with zero attached hydrogens (tertiary/aromatic N) is 2. The van der Waals surface area contributed by atoms with Crippen molar-refractivity contribution in [2.45, 2.75) is 19.4 Å². The van der Waals surface area contributed by atoms with Gasteiger partial charge in [0.25, 0.3) is 5.91 Å². The predicted molar refractivity (Wildman–Crippen MR) is 131 cm³/mol. The average Bonchev–Trinajstić information content (AvgIpc) is 3.57. The summed E-state index contributed by atoms with van der Waals surface area (Å²) in [5, 5.41) is 13.1. The number of ether oxygens (including phenoxy) is 1. The van der Waals surface area contributed by atoms with Crippen molar-refractivity contribution in [3.05, 3.63) is 87.3 Å². The van der Waals surface area contributed by atoms with E-state index in [1.54, 1.807) is 48.9 Å². The summed E-state index contributed by atoms with van der Waals surface area (Å²) in [6.45, 7) is 2.08. The number of aromatic nitrogens is 1. The summed E-state index contributed by atoms with van der Waals surface area (Å²) in [5.74, 6) is -0.886. The predicted octanol–water partition coefficient (Wildman–Crippen LogP) is 5.71. The monoisotopic (exact) mass is 476 g/mol. The number of ketones is 1. The fourth-order valence-corrected chi connectivity index (χ4v) is 5.69. The normalized spacial score (nSPS) is 16.1. The smallest absolute Gasteiger partial charge is 0.296 e. The molecule has 1 atom stereocenters. The maximum Gasteiger partial charge on any atom is 0.296 e. The molecule has 1 N–H and O–H groups in total. The fourth-order valence-electron chi connectivity index (χ4n) is 3.96. The van der Waals surface area contributed by atoms with Crippen molar-refractivity contribution in [2.75, 3.05) is 12.0 Å². The number of amides is 1. The topological polar surface area (TPSA) is 79.7 Å². The molecule has 0 radical (unpaired) electrons. The van der Waals surface area contributed by atoms with Crippen molar-refractivity contribution in [1.82, 2.24) is 4.98 Å². The molecule has 0 bridgehead atoms. The molecule has 2 aromatic heterocycles. The largest absolute Gasteiger partial charge is 0.503 e. The number of anilines is 1. The maximum absolute atomic E-state index is 13.4. The number of methoxy groups -OCH3 is 1. The van der Waals surface area contributed by atoms with E-state index >= 15 is 0 Å². The van der Waals surface area contributed by atoms with Gasteiger partial charge < -0.3 is 9.84 Å². The summed E-state index contributed by atoms with van der Waals surface area (Å²) in [7, 11) is 1.57. The van der Waals surface area contributed by atoms with Gasteiger partial charge in [-0.25, -0.2) is 4.98 Å². The molecule has 5 rings (SSSR count). The number of aliphatic hydroxyl groups excluding tert-OH is 1. The van der Waals surface area contributed by atoms with Crippen molar-refractivity contribution in [3.63, 3.8) is 0 Å². The standard InChI is InChI=1S/C25H20N2O4S2/c1-3-14-6-11-17-19(13-14)33-25(26-17)27-21(15-7-9-16(31-2)10-8-15)20(23(29)24(27)30)22(28)18-5-4-12-32-18/h4-13,21,29H,3H2,1-2H3. The number of Topliss-reactive ketones (excluding diaryl/α,β-unsaturated/α-hetero) is 1. The third-order valence-electron chi connectivity index (χ3n) is 5.69. The zero-order chi connectivity index (χ0) is 23.1. The van der Waals surface area contributed by atoms with Crippen molar-refractivity contribution >= 4 is 49.7 Å². The number of aliphatic hydroxyl groups is 1. The second-order valence-electron chi connectivity index (χ2n) is 7.57. The molecule has 1 aliphatic heterocycles.